The molecule has 1 heterocycles. The van der Waals surface area contributed by atoms with Gasteiger partial charge in [0.25, 0.3) is 0 Å². The second-order valence-corrected chi connectivity index (χ2v) is 9.64. The molecule has 0 radical (unpaired) electrons. The van der Waals surface area contributed by atoms with Gasteiger partial charge in [0.2, 0.25) is 20.0 Å². The minimum atomic E-state index is -3.66. The van der Waals surface area contributed by atoms with Gasteiger partial charge in [0.1, 0.15) is 0 Å². The summed E-state index contributed by atoms with van der Waals surface area (Å²) < 4.78 is 53.1. The third-order valence-electron chi connectivity index (χ3n) is 4.25. The molecule has 2 unspecified atom stereocenters. The number of halogens is 1. The lowest BCUT2D eigenvalue weighted by Crippen LogP contribution is -2.34. The van der Waals surface area contributed by atoms with Crippen LogP contribution in [0.4, 0.5) is 0 Å². The molecule has 2 rings (SSSR count). The van der Waals surface area contributed by atoms with Crippen molar-refractivity contribution in [3.63, 3.8) is 0 Å². The second kappa shape index (κ2) is 7.67. The Labute approximate surface area is 150 Å². The molecular weight excluding hydrogens is 374 g/mol. The Kier molecular flexibility index (Phi) is 6.82. The normalized spacial score (nSPS) is 22.3. The van der Waals surface area contributed by atoms with E-state index >= 15 is 0 Å². The molecule has 24 heavy (non-hydrogen) atoms. The number of benzene rings is 1. The number of hydrogen-bond acceptors (Lipinski definition) is 5. The highest BCUT2D eigenvalue weighted by Gasteiger charge is 2.37. The summed E-state index contributed by atoms with van der Waals surface area (Å²) in [5, 5.41) is 0. The Balaban J connectivity index is 0.00000288. The fraction of sp³-hybridized carbons (Fsp3) is 0.571. The molecule has 1 saturated heterocycles. The molecule has 3 N–H and O–H groups in total. The first kappa shape index (κ1) is 21.3. The van der Waals surface area contributed by atoms with Crippen molar-refractivity contribution in [1.82, 2.24) is 9.03 Å². The lowest BCUT2D eigenvalue weighted by Gasteiger charge is -2.21. The minimum absolute atomic E-state index is 0. The summed E-state index contributed by atoms with van der Waals surface area (Å²) >= 11 is 0. The van der Waals surface area contributed by atoms with E-state index in [-0.39, 0.29) is 34.2 Å². The van der Waals surface area contributed by atoms with Crippen molar-refractivity contribution >= 4 is 32.5 Å². The van der Waals surface area contributed by atoms with Crippen LogP contribution in [0.2, 0.25) is 0 Å². The molecule has 0 aliphatic carbocycles. The van der Waals surface area contributed by atoms with E-state index in [0.717, 1.165) is 6.42 Å². The molecule has 1 fully saturated rings. The van der Waals surface area contributed by atoms with Crippen molar-refractivity contribution in [2.45, 2.75) is 36.1 Å². The van der Waals surface area contributed by atoms with Gasteiger partial charge in [-0.3, -0.25) is 0 Å². The zero-order valence-corrected chi connectivity index (χ0v) is 16.3. The van der Waals surface area contributed by atoms with Crippen LogP contribution < -0.4 is 10.5 Å². The number of aryl methyl sites for hydroxylation is 1. The lowest BCUT2D eigenvalue weighted by molar-refractivity contribution is 0.404. The SMILES string of the molecule is CNS(=O)(=O)c1ccc(S(=O)(=O)N2CC(CN)CC2C)cc1C.Cl. The number of hydrogen-bond donors (Lipinski definition) is 2. The van der Waals surface area contributed by atoms with E-state index in [2.05, 4.69) is 4.72 Å². The summed E-state index contributed by atoms with van der Waals surface area (Å²) in [6.07, 6.45) is 0.737. The van der Waals surface area contributed by atoms with E-state index in [4.69, 9.17) is 5.73 Å². The van der Waals surface area contributed by atoms with Crippen LogP contribution >= 0.6 is 12.4 Å². The molecule has 0 saturated carbocycles. The molecule has 2 atom stereocenters. The summed E-state index contributed by atoms with van der Waals surface area (Å²) in [6.45, 7) is 4.30. The monoisotopic (exact) mass is 397 g/mol. The first-order valence-electron chi connectivity index (χ1n) is 7.39. The molecule has 1 aromatic rings. The summed E-state index contributed by atoms with van der Waals surface area (Å²) in [7, 11) is -5.95. The van der Waals surface area contributed by atoms with Gasteiger partial charge in [-0.05, 0) is 63.5 Å². The molecule has 0 amide bonds. The van der Waals surface area contributed by atoms with Crippen LogP contribution in [0.5, 0.6) is 0 Å². The van der Waals surface area contributed by atoms with Gasteiger partial charge in [0.05, 0.1) is 9.79 Å². The predicted octanol–water partition coefficient (Wildman–Crippen LogP) is 0.683. The van der Waals surface area contributed by atoms with Crippen LogP contribution in [0.1, 0.15) is 18.9 Å². The van der Waals surface area contributed by atoms with Crippen LogP contribution in [-0.4, -0.2) is 47.3 Å². The summed E-state index contributed by atoms with van der Waals surface area (Å²) in [4.78, 5) is 0.183. The average Bonchev–Trinajstić information content (AvgIpc) is 2.88. The minimum Gasteiger partial charge on any atom is -0.330 e. The molecule has 1 aliphatic rings. The van der Waals surface area contributed by atoms with Crippen molar-refractivity contribution < 1.29 is 16.8 Å². The largest absolute Gasteiger partial charge is 0.330 e. The van der Waals surface area contributed by atoms with Crippen molar-refractivity contribution in [2.75, 3.05) is 20.1 Å². The Morgan fingerprint density at radius 2 is 1.92 bits per heavy atom. The van der Waals surface area contributed by atoms with Crippen LogP contribution in [-0.2, 0) is 20.0 Å². The molecule has 1 aliphatic heterocycles. The summed E-state index contributed by atoms with van der Waals surface area (Å²) in [5.74, 6) is 0.157. The van der Waals surface area contributed by atoms with Gasteiger partial charge in [-0.1, -0.05) is 0 Å². The lowest BCUT2D eigenvalue weighted by atomic mass is 10.1. The third-order valence-corrected chi connectivity index (χ3v) is 7.80. The first-order chi connectivity index (χ1) is 10.6. The molecule has 10 heteroatoms. The quantitative estimate of drug-likeness (QED) is 0.759. The predicted molar refractivity (Wildman–Crippen MR) is 95.2 cm³/mol. The van der Waals surface area contributed by atoms with Crippen molar-refractivity contribution in [2.24, 2.45) is 11.7 Å². The highest BCUT2D eigenvalue weighted by molar-refractivity contribution is 7.89. The smallest absolute Gasteiger partial charge is 0.243 e. The molecule has 0 spiro atoms. The zero-order valence-electron chi connectivity index (χ0n) is 13.9. The van der Waals surface area contributed by atoms with Gasteiger partial charge in [-0.2, -0.15) is 4.31 Å². The Bertz CT molecular complexity index is 796. The number of nitrogens with zero attached hydrogens (tertiary/aromatic N) is 1. The van der Waals surface area contributed by atoms with Gasteiger partial charge in [-0.25, -0.2) is 21.6 Å². The van der Waals surface area contributed by atoms with Crippen LogP contribution in [0.3, 0.4) is 0 Å². The van der Waals surface area contributed by atoms with Crippen molar-refractivity contribution in [3.8, 4) is 0 Å². The molecule has 138 valence electrons. The van der Waals surface area contributed by atoms with Gasteiger partial charge >= 0.3 is 0 Å². The number of nitrogens with two attached hydrogens (primary N) is 1. The fourth-order valence-electron chi connectivity index (χ4n) is 2.94. The van der Waals surface area contributed by atoms with Gasteiger partial charge in [-0.15, -0.1) is 12.4 Å². The Morgan fingerprint density at radius 3 is 2.38 bits per heavy atom. The molecule has 1 aromatic carbocycles. The number of sulfonamides is 2. The van der Waals surface area contributed by atoms with Crippen LogP contribution in [0, 0.1) is 12.8 Å². The van der Waals surface area contributed by atoms with E-state index < -0.39 is 20.0 Å². The summed E-state index contributed by atoms with van der Waals surface area (Å²) in [6, 6.07) is 3.96. The average molecular weight is 398 g/mol. The molecule has 0 bridgehead atoms. The van der Waals surface area contributed by atoms with E-state index in [0.29, 0.717) is 18.7 Å². The van der Waals surface area contributed by atoms with E-state index in [9.17, 15) is 16.8 Å². The standard InChI is InChI=1S/C14H23N3O4S2.ClH/c1-10-6-13(4-5-14(10)22(18,19)16-3)23(20,21)17-9-12(8-15)7-11(17)2;/h4-6,11-12,16H,7-9,15H2,1-3H3;1H. The molecular formula is C14H24ClN3O4S2. The zero-order chi connectivity index (χ0) is 17.4. The Morgan fingerprint density at radius 1 is 1.29 bits per heavy atom. The first-order valence-corrected chi connectivity index (χ1v) is 10.3. The van der Waals surface area contributed by atoms with E-state index in [1.54, 1.807) is 6.92 Å². The van der Waals surface area contributed by atoms with Gasteiger partial charge in [0, 0.05) is 12.6 Å². The second-order valence-electron chi connectivity index (χ2n) is 5.90. The van der Waals surface area contributed by atoms with E-state index in [1.165, 1.54) is 29.6 Å². The Hall–Kier alpha value is -0.710. The fourth-order valence-corrected chi connectivity index (χ4v) is 5.70. The number of rotatable bonds is 5. The topological polar surface area (TPSA) is 110 Å². The van der Waals surface area contributed by atoms with Crippen molar-refractivity contribution in [1.29, 1.82) is 0 Å². The highest BCUT2D eigenvalue weighted by Crippen LogP contribution is 2.30. The van der Waals surface area contributed by atoms with Gasteiger partial charge in [0.15, 0.2) is 0 Å². The van der Waals surface area contributed by atoms with Crippen LogP contribution in [0.25, 0.3) is 0 Å². The van der Waals surface area contributed by atoms with E-state index in [1.807, 2.05) is 6.92 Å². The maximum absolute atomic E-state index is 12.8. The maximum Gasteiger partial charge on any atom is 0.243 e. The number of nitrogens with one attached hydrogen (secondary N) is 1. The van der Waals surface area contributed by atoms with Gasteiger partial charge < -0.3 is 5.73 Å². The third kappa shape index (κ3) is 3.92. The summed E-state index contributed by atoms with van der Waals surface area (Å²) in [5.41, 5.74) is 6.04. The highest BCUT2D eigenvalue weighted by atomic mass is 35.5. The molecule has 7 nitrogen and oxygen atoms in total. The van der Waals surface area contributed by atoms with Crippen LogP contribution in [0.15, 0.2) is 28.0 Å². The van der Waals surface area contributed by atoms with Crippen molar-refractivity contribution in [3.05, 3.63) is 23.8 Å². The molecule has 0 aromatic heterocycles. The maximum atomic E-state index is 12.8.